The molecular formula is C23H24ClN5O3. The van der Waals surface area contributed by atoms with Crippen LogP contribution >= 0.6 is 11.6 Å². The van der Waals surface area contributed by atoms with E-state index < -0.39 is 0 Å². The van der Waals surface area contributed by atoms with Crippen molar-refractivity contribution in [2.75, 3.05) is 26.7 Å². The summed E-state index contributed by atoms with van der Waals surface area (Å²) in [6, 6.07) is 17.3. The highest BCUT2D eigenvalue weighted by molar-refractivity contribution is 6.33. The quantitative estimate of drug-likeness (QED) is 0.378. The Hall–Kier alpha value is -3.20. The maximum absolute atomic E-state index is 13.2. The Morgan fingerprint density at radius 1 is 1.19 bits per heavy atom. The number of oxazole rings is 1. The summed E-state index contributed by atoms with van der Waals surface area (Å²) in [4.78, 5) is 19.2. The van der Waals surface area contributed by atoms with E-state index in [0.29, 0.717) is 35.2 Å². The lowest BCUT2D eigenvalue weighted by molar-refractivity contribution is 0.0765. The van der Waals surface area contributed by atoms with E-state index >= 15 is 0 Å². The predicted octanol–water partition coefficient (Wildman–Crippen LogP) is 3.04. The molecule has 0 aliphatic heterocycles. The molecule has 9 heteroatoms. The van der Waals surface area contributed by atoms with Crippen LogP contribution in [0.1, 0.15) is 21.8 Å². The molecule has 32 heavy (non-hydrogen) atoms. The maximum atomic E-state index is 13.2. The normalized spacial score (nSPS) is 11.2. The summed E-state index contributed by atoms with van der Waals surface area (Å²) in [7, 11) is 1.74. The van der Waals surface area contributed by atoms with E-state index in [2.05, 4.69) is 15.4 Å². The first-order chi connectivity index (χ1) is 15.6. The predicted molar refractivity (Wildman–Crippen MR) is 122 cm³/mol. The minimum absolute atomic E-state index is 0.0243. The fourth-order valence-corrected chi connectivity index (χ4v) is 3.59. The van der Waals surface area contributed by atoms with Crippen LogP contribution < -0.4 is 5.32 Å². The molecule has 2 N–H and O–H groups in total. The topological polar surface area (TPSA) is 95.9 Å². The number of rotatable bonds is 9. The van der Waals surface area contributed by atoms with Gasteiger partial charge in [-0.25, -0.2) is 0 Å². The Morgan fingerprint density at radius 2 is 1.94 bits per heavy atom. The summed E-state index contributed by atoms with van der Waals surface area (Å²) < 4.78 is 7.37. The van der Waals surface area contributed by atoms with Gasteiger partial charge in [0.2, 0.25) is 5.76 Å². The Balaban J connectivity index is 1.62. The van der Waals surface area contributed by atoms with Crippen LogP contribution in [0.4, 0.5) is 0 Å². The lowest BCUT2D eigenvalue weighted by Crippen LogP contribution is -2.30. The summed E-state index contributed by atoms with van der Waals surface area (Å²) in [5.74, 6) is 0.537. The molecule has 0 atom stereocenters. The fourth-order valence-electron chi connectivity index (χ4n) is 3.37. The number of aliphatic hydroxyl groups is 1. The summed E-state index contributed by atoms with van der Waals surface area (Å²) in [6.45, 7) is 1.17. The van der Waals surface area contributed by atoms with Crippen LogP contribution in [0.5, 0.6) is 0 Å². The zero-order chi connectivity index (χ0) is 22.5. The molecule has 8 nitrogen and oxygen atoms in total. The first-order valence-electron chi connectivity index (χ1n) is 10.3. The number of aromatic nitrogens is 3. The number of likely N-dealkylation sites (N-methyl/N-ethyl adjacent to an activating group) is 1. The van der Waals surface area contributed by atoms with Gasteiger partial charge < -0.3 is 19.7 Å². The third kappa shape index (κ3) is 4.67. The maximum Gasteiger partial charge on any atom is 0.325 e. The minimum Gasteiger partial charge on any atom is -0.416 e. The van der Waals surface area contributed by atoms with Gasteiger partial charge in [-0.2, -0.15) is 9.50 Å². The molecule has 1 amide bonds. The summed E-state index contributed by atoms with van der Waals surface area (Å²) in [5.41, 5.74) is 2.36. The van der Waals surface area contributed by atoms with Crippen molar-refractivity contribution >= 4 is 23.4 Å². The van der Waals surface area contributed by atoms with Crippen LogP contribution in [0.2, 0.25) is 5.02 Å². The first-order valence-corrected chi connectivity index (χ1v) is 10.7. The Morgan fingerprint density at radius 3 is 2.69 bits per heavy atom. The van der Waals surface area contributed by atoms with Crippen molar-refractivity contribution in [3.05, 3.63) is 76.6 Å². The van der Waals surface area contributed by atoms with Gasteiger partial charge in [0.25, 0.3) is 5.91 Å². The number of aliphatic hydroxyl groups excluding tert-OH is 1. The largest absolute Gasteiger partial charge is 0.416 e. The molecule has 0 bridgehead atoms. The third-order valence-corrected chi connectivity index (χ3v) is 5.43. The number of nitrogens with one attached hydrogen (secondary N) is 1. The minimum atomic E-state index is -0.256. The SMILES string of the molecule is CN(CCc1ccccc1)C(=O)c1oc2nc(-c3ccccc3Cl)nn2c1CNCCO. The molecule has 4 rings (SSSR count). The second-order valence-corrected chi connectivity index (χ2v) is 7.76. The Labute approximate surface area is 190 Å². The molecule has 2 heterocycles. The number of hydrogen-bond acceptors (Lipinski definition) is 6. The number of carbonyl (C=O) groups excluding carboxylic acids is 1. The van der Waals surface area contributed by atoms with Crippen molar-refractivity contribution in [1.82, 2.24) is 24.8 Å². The summed E-state index contributed by atoms with van der Waals surface area (Å²) in [6.07, 6.45) is 0.730. The second kappa shape index (κ2) is 9.95. The molecule has 0 spiro atoms. The van der Waals surface area contributed by atoms with E-state index in [1.807, 2.05) is 48.5 Å². The third-order valence-electron chi connectivity index (χ3n) is 5.10. The van der Waals surface area contributed by atoms with E-state index in [1.54, 1.807) is 18.0 Å². The van der Waals surface area contributed by atoms with Crippen molar-refractivity contribution in [3.63, 3.8) is 0 Å². The number of benzene rings is 2. The molecule has 0 unspecified atom stereocenters. The molecule has 4 aromatic rings. The van der Waals surface area contributed by atoms with E-state index in [4.69, 9.17) is 21.1 Å². The highest BCUT2D eigenvalue weighted by Gasteiger charge is 2.26. The molecule has 2 aromatic carbocycles. The fraction of sp³-hybridized carbons (Fsp3) is 0.261. The Kier molecular flexibility index (Phi) is 6.84. The van der Waals surface area contributed by atoms with Gasteiger partial charge in [-0.1, -0.05) is 54.1 Å². The average Bonchev–Trinajstić information content (AvgIpc) is 3.37. The van der Waals surface area contributed by atoms with Crippen molar-refractivity contribution in [2.24, 2.45) is 0 Å². The molecule has 0 saturated carbocycles. The van der Waals surface area contributed by atoms with Crippen molar-refractivity contribution < 1.29 is 14.3 Å². The van der Waals surface area contributed by atoms with E-state index in [1.165, 1.54) is 4.52 Å². The van der Waals surface area contributed by atoms with Gasteiger partial charge in [-0.3, -0.25) is 4.79 Å². The second-order valence-electron chi connectivity index (χ2n) is 7.35. The molecule has 0 aliphatic carbocycles. The number of fused-ring (bicyclic) bond motifs is 1. The van der Waals surface area contributed by atoms with Crippen LogP contribution in [-0.4, -0.2) is 57.3 Å². The van der Waals surface area contributed by atoms with E-state index in [0.717, 1.165) is 12.0 Å². The molecule has 0 radical (unpaired) electrons. The molecule has 2 aromatic heterocycles. The van der Waals surface area contributed by atoms with Crippen LogP contribution in [0.15, 0.2) is 59.0 Å². The summed E-state index contributed by atoms with van der Waals surface area (Å²) >= 11 is 6.28. The van der Waals surface area contributed by atoms with Gasteiger partial charge >= 0.3 is 5.84 Å². The number of carbonyl (C=O) groups is 1. The number of nitrogens with zero attached hydrogens (tertiary/aromatic N) is 4. The smallest absolute Gasteiger partial charge is 0.325 e. The van der Waals surface area contributed by atoms with Crippen molar-refractivity contribution in [1.29, 1.82) is 0 Å². The molecule has 0 fully saturated rings. The van der Waals surface area contributed by atoms with Gasteiger partial charge in [0.1, 0.15) is 5.69 Å². The number of hydrogen-bond donors (Lipinski definition) is 2. The van der Waals surface area contributed by atoms with Crippen molar-refractivity contribution in [2.45, 2.75) is 13.0 Å². The molecule has 166 valence electrons. The number of halogens is 1. The van der Waals surface area contributed by atoms with Crippen molar-refractivity contribution in [3.8, 4) is 11.4 Å². The zero-order valence-electron chi connectivity index (χ0n) is 17.7. The van der Waals surface area contributed by atoms with Gasteiger partial charge in [0, 0.05) is 32.2 Å². The van der Waals surface area contributed by atoms with E-state index in [9.17, 15) is 4.79 Å². The Bertz CT molecular complexity index is 1210. The highest BCUT2D eigenvalue weighted by Crippen LogP contribution is 2.27. The summed E-state index contributed by atoms with van der Waals surface area (Å²) in [5, 5.41) is 17.3. The van der Waals surface area contributed by atoms with Gasteiger partial charge in [-0.05, 0) is 24.1 Å². The lowest BCUT2D eigenvalue weighted by atomic mass is 10.1. The van der Waals surface area contributed by atoms with Crippen LogP contribution in [0, 0.1) is 0 Å². The van der Waals surface area contributed by atoms with Crippen LogP contribution in [0.3, 0.4) is 0 Å². The van der Waals surface area contributed by atoms with Gasteiger partial charge in [0.05, 0.1) is 11.6 Å². The van der Waals surface area contributed by atoms with Gasteiger partial charge in [0.15, 0.2) is 5.82 Å². The standard InChI is InChI=1S/C23H24ClN5O3/c1-28(13-11-16-7-3-2-4-8-16)22(31)20-19(15-25-12-14-30)29-23(32-20)26-21(27-29)17-9-5-6-10-18(17)24/h2-10,25,30H,11-15H2,1H3. The monoisotopic (exact) mass is 453 g/mol. The zero-order valence-corrected chi connectivity index (χ0v) is 18.4. The first kappa shape index (κ1) is 22.0. The average molecular weight is 454 g/mol. The highest BCUT2D eigenvalue weighted by atomic mass is 35.5. The van der Waals surface area contributed by atoms with Gasteiger partial charge in [-0.15, -0.1) is 5.10 Å². The van der Waals surface area contributed by atoms with E-state index in [-0.39, 0.29) is 30.7 Å². The lowest BCUT2D eigenvalue weighted by Gasteiger charge is -2.16. The van der Waals surface area contributed by atoms with Crippen LogP contribution in [0.25, 0.3) is 17.2 Å². The van der Waals surface area contributed by atoms with Crippen LogP contribution in [-0.2, 0) is 13.0 Å². The number of amides is 1. The molecule has 0 saturated heterocycles. The molecule has 0 aliphatic rings. The molecular weight excluding hydrogens is 430 g/mol.